The zero-order chi connectivity index (χ0) is 57.5. The van der Waals surface area contributed by atoms with Crippen LogP contribution in [0.4, 0.5) is 0 Å². The minimum Gasteiger partial charge on any atom is -0.479 e. The Morgan fingerprint density at radius 1 is 0.430 bits per heavy atom. The van der Waals surface area contributed by atoms with Gasteiger partial charge in [0.1, 0.15) is 18.8 Å². The molecule has 0 aromatic heterocycles. The van der Waals surface area contributed by atoms with Gasteiger partial charge in [0, 0.05) is 19.3 Å². The largest absolute Gasteiger partial charge is 0.479 e. The first-order valence-corrected chi connectivity index (χ1v) is 30.9. The highest BCUT2D eigenvalue weighted by atomic mass is 16.7. The number of carboxylic acids is 1. The van der Waals surface area contributed by atoms with Crippen molar-refractivity contribution in [3.05, 3.63) is 109 Å². The van der Waals surface area contributed by atoms with E-state index in [4.69, 9.17) is 23.7 Å². The molecule has 1 saturated heterocycles. The van der Waals surface area contributed by atoms with Crippen LogP contribution in [-0.2, 0) is 42.9 Å². The number of aliphatic carboxylic acids is 1. The first kappa shape index (κ1) is 72.4. The Morgan fingerprint density at radius 2 is 0.797 bits per heavy atom. The summed E-state index contributed by atoms with van der Waals surface area (Å²) < 4.78 is 28.4. The predicted molar refractivity (Wildman–Crippen MR) is 321 cm³/mol. The normalized spacial score (nSPS) is 18.6. The van der Waals surface area contributed by atoms with Crippen molar-refractivity contribution in [2.45, 2.75) is 276 Å². The molecule has 1 aliphatic heterocycles. The topological polar surface area (TPSA) is 175 Å². The summed E-state index contributed by atoms with van der Waals surface area (Å²) in [6.45, 7) is 5.70. The summed E-state index contributed by atoms with van der Waals surface area (Å²) in [7, 11) is 0. The maximum atomic E-state index is 13.1. The molecule has 3 N–H and O–H groups in total. The third-order valence-corrected chi connectivity index (χ3v) is 13.3. The number of aliphatic hydroxyl groups is 2. The van der Waals surface area contributed by atoms with E-state index in [1.165, 1.54) is 38.5 Å². The molecule has 6 unspecified atom stereocenters. The van der Waals surface area contributed by atoms with E-state index < -0.39 is 67.3 Å². The average Bonchev–Trinajstić information content (AvgIpc) is 3.46. The summed E-state index contributed by atoms with van der Waals surface area (Å²) in [5.41, 5.74) is 0. The molecule has 12 heteroatoms. The number of hydrogen-bond acceptors (Lipinski definition) is 11. The zero-order valence-corrected chi connectivity index (χ0v) is 49.3. The SMILES string of the molecule is CC/C=C\C/C=C\C/C=C\C/C=C\CCCCCCCCC(=O)OC1C(OCC(COC(=O)CCCCCCCCC/C=C\C/C=C\CCCCC)OC(=O)CCCCC/C=C\C/C=C\C/C=C\CC)OC(C(=O)O)C(O)C1O. The van der Waals surface area contributed by atoms with Crippen LogP contribution in [0.15, 0.2) is 109 Å². The lowest BCUT2D eigenvalue weighted by Crippen LogP contribution is -2.61. The van der Waals surface area contributed by atoms with Crippen molar-refractivity contribution in [3.63, 3.8) is 0 Å². The predicted octanol–water partition coefficient (Wildman–Crippen LogP) is 16.2. The lowest BCUT2D eigenvalue weighted by Gasteiger charge is -2.40. The van der Waals surface area contributed by atoms with Crippen LogP contribution in [0.5, 0.6) is 0 Å². The standard InChI is InChI=1S/C67H108O12/c1-4-7-10-13-16-19-22-25-27-29-30-32-34-37-40-43-46-49-52-55-61(70)78-65-63(72)62(71)64(66(73)74)79-67(65)76-57-58(77-60(69)54-51-48-45-42-39-35-24-21-18-15-12-9-6-3)56-75-59(68)53-50-47-44-41-38-36-33-31-28-26-23-20-17-14-11-8-5-2/h7,9-10,12,16-21,25-28,30,32,35,39,58,62-65,67,71-72H,4-6,8,11,13-15,22-24,29,31,33-34,36-38,40-57H2,1-3H3,(H,73,74)/b10-7-,12-9-,19-16-,20-17-,21-18-,27-25-,28-26-,32-30-,39-35-. The second-order valence-corrected chi connectivity index (χ2v) is 20.6. The molecule has 1 aliphatic rings. The van der Waals surface area contributed by atoms with Crippen molar-refractivity contribution in [1.29, 1.82) is 0 Å². The quantitative estimate of drug-likeness (QED) is 0.0228. The van der Waals surface area contributed by atoms with E-state index in [1.54, 1.807) is 0 Å². The Hall–Kier alpha value is -4.62. The second-order valence-electron chi connectivity index (χ2n) is 20.6. The zero-order valence-electron chi connectivity index (χ0n) is 49.3. The summed E-state index contributed by atoms with van der Waals surface area (Å²) in [4.78, 5) is 51.2. The Labute approximate surface area is 478 Å². The van der Waals surface area contributed by atoms with Crippen LogP contribution in [0.1, 0.15) is 239 Å². The van der Waals surface area contributed by atoms with Crippen LogP contribution < -0.4 is 0 Å². The van der Waals surface area contributed by atoms with Crippen molar-refractivity contribution in [2.24, 2.45) is 0 Å². The molecule has 6 atom stereocenters. The molecule has 0 bridgehead atoms. The van der Waals surface area contributed by atoms with Crippen LogP contribution in [0.25, 0.3) is 0 Å². The first-order valence-electron chi connectivity index (χ1n) is 30.9. The smallest absolute Gasteiger partial charge is 0.335 e. The van der Waals surface area contributed by atoms with Crippen LogP contribution >= 0.6 is 0 Å². The van der Waals surface area contributed by atoms with Gasteiger partial charge >= 0.3 is 23.9 Å². The number of hydrogen-bond donors (Lipinski definition) is 3. The van der Waals surface area contributed by atoms with E-state index in [0.29, 0.717) is 19.3 Å². The maximum Gasteiger partial charge on any atom is 0.335 e. The van der Waals surface area contributed by atoms with Gasteiger partial charge in [0.15, 0.2) is 24.6 Å². The molecule has 0 spiro atoms. The number of carboxylic acid groups (broad SMARTS) is 1. The molecule has 12 nitrogen and oxygen atoms in total. The van der Waals surface area contributed by atoms with E-state index >= 15 is 0 Å². The fourth-order valence-electron chi connectivity index (χ4n) is 8.64. The van der Waals surface area contributed by atoms with Gasteiger partial charge in [-0.2, -0.15) is 0 Å². The van der Waals surface area contributed by atoms with E-state index in [0.717, 1.165) is 141 Å². The lowest BCUT2D eigenvalue weighted by atomic mass is 9.98. The monoisotopic (exact) mass is 1100 g/mol. The molecule has 1 rings (SSSR count). The summed E-state index contributed by atoms with van der Waals surface area (Å²) >= 11 is 0. The fourth-order valence-corrected chi connectivity index (χ4v) is 8.64. The fraction of sp³-hybridized carbons (Fsp3) is 0.672. The van der Waals surface area contributed by atoms with Crippen LogP contribution in [0.2, 0.25) is 0 Å². The van der Waals surface area contributed by atoms with Gasteiger partial charge in [0.05, 0.1) is 6.61 Å². The van der Waals surface area contributed by atoms with Crippen molar-refractivity contribution in [3.8, 4) is 0 Å². The van der Waals surface area contributed by atoms with Gasteiger partial charge in [-0.05, 0) is 122 Å². The van der Waals surface area contributed by atoms with E-state index in [9.17, 15) is 34.5 Å². The van der Waals surface area contributed by atoms with Crippen LogP contribution in [0, 0.1) is 0 Å². The van der Waals surface area contributed by atoms with Gasteiger partial charge < -0.3 is 39.0 Å². The Kier molecular flexibility index (Phi) is 49.5. The molecule has 0 radical (unpaired) electrons. The number of rotatable bonds is 51. The number of ether oxygens (including phenoxy) is 5. The van der Waals surface area contributed by atoms with Gasteiger partial charge in [-0.25, -0.2) is 4.79 Å². The molecular formula is C67H108O12. The van der Waals surface area contributed by atoms with Crippen molar-refractivity contribution in [1.82, 2.24) is 0 Å². The first-order chi connectivity index (χ1) is 38.6. The van der Waals surface area contributed by atoms with Crippen molar-refractivity contribution < 1.29 is 58.2 Å². The molecule has 0 amide bonds. The highest BCUT2D eigenvalue weighted by Gasteiger charge is 2.50. The number of aliphatic hydroxyl groups excluding tert-OH is 2. The number of esters is 3. The number of carbonyl (C=O) groups is 4. The Morgan fingerprint density at radius 3 is 1.23 bits per heavy atom. The Bertz CT molecular complexity index is 1790. The third kappa shape index (κ3) is 43.8. The minimum absolute atomic E-state index is 0.0347. The molecule has 0 saturated carbocycles. The molecule has 1 fully saturated rings. The summed E-state index contributed by atoms with van der Waals surface area (Å²) in [6.07, 6.45) is 60.5. The molecule has 0 aliphatic carbocycles. The molecule has 0 aromatic carbocycles. The maximum absolute atomic E-state index is 13.1. The average molecular weight is 1110 g/mol. The number of carbonyl (C=O) groups excluding carboxylic acids is 3. The number of allylic oxidation sites excluding steroid dienone is 18. The molecule has 1 heterocycles. The second kappa shape index (κ2) is 54.0. The van der Waals surface area contributed by atoms with E-state index in [2.05, 4.69) is 130 Å². The van der Waals surface area contributed by atoms with Gasteiger partial charge in [0.2, 0.25) is 0 Å². The summed E-state index contributed by atoms with van der Waals surface area (Å²) in [6, 6.07) is 0. The molecular weight excluding hydrogens is 997 g/mol. The molecule has 0 aromatic rings. The highest BCUT2D eigenvalue weighted by molar-refractivity contribution is 5.74. The van der Waals surface area contributed by atoms with Gasteiger partial charge in [0.25, 0.3) is 0 Å². The van der Waals surface area contributed by atoms with Gasteiger partial charge in [-0.1, -0.05) is 207 Å². The summed E-state index contributed by atoms with van der Waals surface area (Å²) in [5, 5.41) is 31.5. The molecule has 79 heavy (non-hydrogen) atoms. The van der Waals surface area contributed by atoms with Crippen molar-refractivity contribution >= 4 is 23.9 Å². The number of unbranched alkanes of at least 4 members (excludes halogenated alkanes) is 19. The van der Waals surface area contributed by atoms with Crippen molar-refractivity contribution in [2.75, 3.05) is 13.2 Å². The van der Waals surface area contributed by atoms with Gasteiger partial charge in [-0.15, -0.1) is 0 Å². The summed E-state index contributed by atoms with van der Waals surface area (Å²) in [5.74, 6) is -3.20. The van der Waals surface area contributed by atoms with E-state index in [-0.39, 0.29) is 25.9 Å². The van der Waals surface area contributed by atoms with E-state index in [1.807, 2.05) is 0 Å². The Balaban J connectivity index is 2.69. The minimum atomic E-state index is -1.92. The highest BCUT2D eigenvalue weighted by Crippen LogP contribution is 2.26. The van der Waals surface area contributed by atoms with Crippen LogP contribution in [0.3, 0.4) is 0 Å². The lowest BCUT2D eigenvalue weighted by molar-refractivity contribution is -0.301. The van der Waals surface area contributed by atoms with Crippen LogP contribution in [-0.4, -0.2) is 89.2 Å². The molecule has 448 valence electrons. The van der Waals surface area contributed by atoms with Gasteiger partial charge in [-0.3, -0.25) is 14.4 Å². The third-order valence-electron chi connectivity index (χ3n) is 13.3.